The Hall–Kier alpha value is -1.10. The summed E-state index contributed by atoms with van der Waals surface area (Å²) in [4.78, 5) is 24.2. The lowest BCUT2D eigenvalue weighted by Crippen LogP contribution is -2.48. The van der Waals surface area contributed by atoms with Crippen LogP contribution in [-0.4, -0.2) is 35.5 Å². The van der Waals surface area contributed by atoms with E-state index < -0.39 is 5.54 Å². The average Bonchev–Trinajstić information content (AvgIpc) is 2.31. The van der Waals surface area contributed by atoms with Crippen LogP contribution in [0.3, 0.4) is 0 Å². The summed E-state index contributed by atoms with van der Waals surface area (Å²) in [5, 5.41) is 2.29. The highest BCUT2D eigenvalue weighted by atomic mass is 16.2. The topological polar surface area (TPSA) is 75.4 Å². The van der Waals surface area contributed by atoms with Crippen molar-refractivity contribution in [3.63, 3.8) is 0 Å². The standard InChI is InChI=1S/C8H15N3O2/c1-3-8(2)6(12)10-7(13)11(8)5-4-9/h3-5,9H2,1-2H3,(H,10,12,13). The van der Waals surface area contributed by atoms with Crippen LogP contribution in [0.15, 0.2) is 0 Å². The Labute approximate surface area is 77.3 Å². The Balaban J connectivity index is 2.89. The molecule has 5 nitrogen and oxygen atoms in total. The monoisotopic (exact) mass is 185 g/mol. The average molecular weight is 185 g/mol. The fourth-order valence-corrected chi connectivity index (χ4v) is 1.47. The molecule has 0 aromatic carbocycles. The molecule has 13 heavy (non-hydrogen) atoms. The molecule has 1 heterocycles. The molecule has 1 aliphatic rings. The van der Waals surface area contributed by atoms with Gasteiger partial charge in [0.2, 0.25) is 0 Å². The zero-order valence-electron chi connectivity index (χ0n) is 7.96. The van der Waals surface area contributed by atoms with Crippen molar-refractivity contribution < 1.29 is 9.59 Å². The second-order valence-corrected chi connectivity index (χ2v) is 3.33. The lowest BCUT2D eigenvalue weighted by atomic mass is 9.97. The number of nitrogens with one attached hydrogen (secondary N) is 1. The van der Waals surface area contributed by atoms with Crippen molar-refractivity contribution in [2.45, 2.75) is 25.8 Å². The Kier molecular flexibility index (Phi) is 2.56. The molecule has 5 heteroatoms. The van der Waals surface area contributed by atoms with Crippen molar-refractivity contribution in [1.82, 2.24) is 10.2 Å². The van der Waals surface area contributed by atoms with Crippen LogP contribution in [0.5, 0.6) is 0 Å². The third-order valence-electron chi connectivity index (χ3n) is 2.59. The molecule has 3 amide bonds. The number of rotatable bonds is 3. The van der Waals surface area contributed by atoms with Gasteiger partial charge in [0.25, 0.3) is 5.91 Å². The molecule has 1 aliphatic heterocycles. The molecule has 0 bridgehead atoms. The molecule has 3 N–H and O–H groups in total. The molecule has 74 valence electrons. The van der Waals surface area contributed by atoms with Crippen molar-refractivity contribution >= 4 is 11.9 Å². The molecule has 0 aromatic rings. The maximum absolute atomic E-state index is 11.4. The lowest BCUT2D eigenvalue weighted by Gasteiger charge is -2.30. The van der Waals surface area contributed by atoms with Gasteiger partial charge in [-0.2, -0.15) is 0 Å². The van der Waals surface area contributed by atoms with E-state index in [-0.39, 0.29) is 11.9 Å². The van der Waals surface area contributed by atoms with Crippen LogP contribution in [0, 0.1) is 0 Å². The van der Waals surface area contributed by atoms with Crippen LogP contribution in [0.2, 0.25) is 0 Å². The molecule has 1 unspecified atom stereocenters. The van der Waals surface area contributed by atoms with E-state index in [0.717, 1.165) is 0 Å². The first-order valence-electron chi connectivity index (χ1n) is 4.39. The number of amides is 3. The molecule has 0 radical (unpaired) electrons. The molecule has 1 atom stereocenters. The lowest BCUT2D eigenvalue weighted by molar-refractivity contribution is -0.125. The Bertz CT molecular complexity index is 242. The highest BCUT2D eigenvalue weighted by Crippen LogP contribution is 2.24. The van der Waals surface area contributed by atoms with Gasteiger partial charge in [-0.3, -0.25) is 10.1 Å². The quantitative estimate of drug-likeness (QED) is 0.591. The number of carbonyl (C=O) groups is 2. The summed E-state index contributed by atoms with van der Waals surface area (Å²) in [5.74, 6) is -0.228. The summed E-state index contributed by atoms with van der Waals surface area (Å²) >= 11 is 0. The number of hydrogen-bond donors (Lipinski definition) is 2. The van der Waals surface area contributed by atoms with E-state index in [0.29, 0.717) is 19.5 Å². The maximum Gasteiger partial charge on any atom is 0.325 e. The summed E-state index contributed by atoms with van der Waals surface area (Å²) in [5.41, 5.74) is 4.65. The summed E-state index contributed by atoms with van der Waals surface area (Å²) in [6, 6.07) is -0.334. The van der Waals surface area contributed by atoms with E-state index in [1.165, 1.54) is 4.90 Å². The second-order valence-electron chi connectivity index (χ2n) is 3.33. The van der Waals surface area contributed by atoms with Gasteiger partial charge in [0, 0.05) is 13.1 Å². The zero-order valence-corrected chi connectivity index (χ0v) is 7.96. The van der Waals surface area contributed by atoms with Gasteiger partial charge >= 0.3 is 6.03 Å². The van der Waals surface area contributed by atoms with Crippen LogP contribution in [-0.2, 0) is 4.79 Å². The number of nitrogens with zero attached hydrogens (tertiary/aromatic N) is 1. The number of nitrogens with two attached hydrogens (primary N) is 1. The third-order valence-corrected chi connectivity index (χ3v) is 2.59. The van der Waals surface area contributed by atoms with Gasteiger partial charge in [0.15, 0.2) is 0 Å². The fourth-order valence-electron chi connectivity index (χ4n) is 1.47. The Morgan fingerprint density at radius 3 is 2.62 bits per heavy atom. The Morgan fingerprint density at radius 2 is 2.15 bits per heavy atom. The van der Waals surface area contributed by atoms with Crippen molar-refractivity contribution in [1.29, 1.82) is 0 Å². The number of carbonyl (C=O) groups excluding carboxylic acids is 2. The predicted octanol–water partition coefficient (Wildman–Crippen LogP) is -0.334. The second kappa shape index (κ2) is 3.33. The summed E-state index contributed by atoms with van der Waals surface area (Å²) in [7, 11) is 0. The Morgan fingerprint density at radius 1 is 1.54 bits per heavy atom. The van der Waals surface area contributed by atoms with Gasteiger partial charge < -0.3 is 10.6 Å². The number of imide groups is 1. The molecular formula is C8H15N3O2. The van der Waals surface area contributed by atoms with Gasteiger partial charge in [-0.05, 0) is 13.3 Å². The highest BCUT2D eigenvalue weighted by molar-refractivity contribution is 6.06. The van der Waals surface area contributed by atoms with Crippen LogP contribution >= 0.6 is 0 Å². The minimum Gasteiger partial charge on any atom is -0.329 e. The van der Waals surface area contributed by atoms with Gasteiger partial charge in [-0.25, -0.2) is 4.79 Å². The molecular weight excluding hydrogens is 170 g/mol. The molecule has 0 saturated carbocycles. The molecule has 0 aromatic heterocycles. The smallest absolute Gasteiger partial charge is 0.325 e. The maximum atomic E-state index is 11.4. The van der Waals surface area contributed by atoms with E-state index >= 15 is 0 Å². The fraction of sp³-hybridized carbons (Fsp3) is 0.750. The SMILES string of the molecule is CCC1(C)C(=O)NC(=O)N1CCN. The largest absolute Gasteiger partial charge is 0.329 e. The van der Waals surface area contributed by atoms with Crippen LogP contribution in [0.25, 0.3) is 0 Å². The number of urea groups is 1. The van der Waals surface area contributed by atoms with Crippen molar-refractivity contribution in [2.75, 3.05) is 13.1 Å². The van der Waals surface area contributed by atoms with Crippen molar-refractivity contribution in [3.8, 4) is 0 Å². The third kappa shape index (κ3) is 1.39. The molecule has 0 spiro atoms. The molecule has 1 rings (SSSR count). The first-order chi connectivity index (χ1) is 6.06. The summed E-state index contributed by atoms with van der Waals surface area (Å²) < 4.78 is 0. The first kappa shape index (κ1) is 9.98. The first-order valence-corrected chi connectivity index (χ1v) is 4.39. The van der Waals surface area contributed by atoms with Crippen LogP contribution < -0.4 is 11.1 Å². The summed E-state index contributed by atoms with van der Waals surface area (Å²) in [6.07, 6.45) is 0.602. The predicted molar refractivity (Wildman–Crippen MR) is 48.0 cm³/mol. The molecule has 0 aliphatic carbocycles. The highest BCUT2D eigenvalue weighted by Gasteiger charge is 2.47. The molecule has 1 saturated heterocycles. The van der Waals surface area contributed by atoms with E-state index in [2.05, 4.69) is 5.32 Å². The van der Waals surface area contributed by atoms with Crippen LogP contribution in [0.1, 0.15) is 20.3 Å². The molecule has 1 fully saturated rings. The van der Waals surface area contributed by atoms with Gasteiger partial charge in [-0.1, -0.05) is 6.92 Å². The zero-order chi connectivity index (χ0) is 10.1. The van der Waals surface area contributed by atoms with Gasteiger partial charge in [-0.15, -0.1) is 0 Å². The van der Waals surface area contributed by atoms with Crippen molar-refractivity contribution in [3.05, 3.63) is 0 Å². The normalized spacial score (nSPS) is 28.1. The van der Waals surface area contributed by atoms with E-state index in [1.807, 2.05) is 6.92 Å². The van der Waals surface area contributed by atoms with E-state index in [9.17, 15) is 9.59 Å². The van der Waals surface area contributed by atoms with Crippen molar-refractivity contribution in [2.24, 2.45) is 5.73 Å². The van der Waals surface area contributed by atoms with E-state index in [4.69, 9.17) is 5.73 Å². The minimum absolute atomic E-state index is 0.228. The van der Waals surface area contributed by atoms with Gasteiger partial charge in [0.05, 0.1) is 0 Å². The van der Waals surface area contributed by atoms with E-state index in [1.54, 1.807) is 6.92 Å². The summed E-state index contributed by atoms with van der Waals surface area (Å²) in [6.45, 7) is 4.42. The van der Waals surface area contributed by atoms with Crippen LogP contribution in [0.4, 0.5) is 4.79 Å². The number of hydrogen-bond acceptors (Lipinski definition) is 3. The minimum atomic E-state index is -0.712. The van der Waals surface area contributed by atoms with Gasteiger partial charge in [0.1, 0.15) is 5.54 Å².